The van der Waals surface area contributed by atoms with Gasteiger partial charge < -0.3 is 9.47 Å². The first-order chi connectivity index (χ1) is 28.0. The van der Waals surface area contributed by atoms with E-state index in [1.165, 1.54) is 77.1 Å². The van der Waals surface area contributed by atoms with Crippen molar-refractivity contribution in [1.29, 1.82) is 0 Å². The molecule has 0 unspecified atom stereocenters. The summed E-state index contributed by atoms with van der Waals surface area (Å²) in [7, 11) is 0. The van der Waals surface area contributed by atoms with E-state index in [2.05, 4.69) is 230 Å². The lowest BCUT2D eigenvalue weighted by molar-refractivity contribution is 0.660. The first-order valence-corrected chi connectivity index (χ1v) is 19.9. The van der Waals surface area contributed by atoms with Crippen LogP contribution in [0, 0.1) is 0 Å². The van der Waals surface area contributed by atoms with Crippen LogP contribution in [0.4, 0.5) is 17.1 Å². The molecule has 1 aliphatic carbocycles. The van der Waals surface area contributed by atoms with Gasteiger partial charge in [0.25, 0.3) is 0 Å². The lowest BCUT2D eigenvalue weighted by atomic mass is 9.82. The standard InChI is InChI=1S/C55H40N2/c1-55(2)50-21-11-8-17-45(50)46-33-32-42(36-51(46)55)56(40-28-24-38(25-29-40)37-14-4-3-5-15-37)54-35-34-43(44-16-6-7-18-47(44)54)39-26-30-41(31-27-39)57-52-22-12-9-19-48(52)49-20-10-13-23-53(49)57/h3-36H,1-2H3. The Hall–Kier alpha value is -7.16. The molecule has 0 fully saturated rings. The summed E-state index contributed by atoms with van der Waals surface area (Å²) in [5.41, 5.74) is 17.1. The summed E-state index contributed by atoms with van der Waals surface area (Å²) < 4.78 is 2.38. The molecule has 2 nitrogen and oxygen atoms in total. The zero-order chi connectivity index (χ0) is 38.1. The van der Waals surface area contributed by atoms with Crippen LogP contribution in [0.5, 0.6) is 0 Å². The lowest BCUT2D eigenvalue weighted by Crippen LogP contribution is -2.16. The molecule has 0 spiro atoms. The van der Waals surface area contributed by atoms with E-state index in [0.29, 0.717) is 0 Å². The van der Waals surface area contributed by atoms with E-state index in [9.17, 15) is 0 Å². The number of hydrogen-bond acceptors (Lipinski definition) is 1. The summed E-state index contributed by atoms with van der Waals surface area (Å²) in [6.07, 6.45) is 0. The molecule has 270 valence electrons. The van der Waals surface area contributed by atoms with Gasteiger partial charge in [-0.2, -0.15) is 0 Å². The maximum atomic E-state index is 2.45. The van der Waals surface area contributed by atoms with Gasteiger partial charge >= 0.3 is 0 Å². The average molecular weight is 729 g/mol. The Morgan fingerprint density at radius 2 is 0.895 bits per heavy atom. The van der Waals surface area contributed by atoms with Gasteiger partial charge in [0.1, 0.15) is 0 Å². The van der Waals surface area contributed by atoms with Gasteiger partial charge in [0.05, 0.1) is 16.7 Å². The molecule has 2 heteroatoms. The van der Waals surface area contributed by atoms with Crippen LogP contribution < -0.4 is 4.90 Å². The van der Waals surface area contributed by atoms with Crippen LogP contribution in [0.3, 0.4) is 0 Å². The van der Waals surface area contributed by atoms with Gasteiger partial charge in [-0.05, 0) is 104 Å². The van der Waals surface area contributed by atoms with E-state index in [1.54, 1.807) is 0 Å². The number of nitrogens with zero attached hydrogens (tertiary/aromatic N) is 2. The fourth-order valence-electron chi connectivity index (χ4n) is 9.41. The van der Waals surface area contributed by atoms with Gasteiger partial charge in [-0.1, -0.05) is 166 Å². The molecular formula is C55H40N2. The molecule has 11 rings (SSSR count). The van der Waals surface area contributed by atoms with Crippen molar-refractivity contribution in [3.63, 3.8) is 0 Å². The van der Waals surface area contributed by atoms with Gasteiger partial charge in [0.2, 0.25) is 0 Å². The second-order valence-electron chi connectivity index (χ2n) is 15.7. The second kappa shape index (κ2) is 13.0. The van der Waals surface area contributed by atoms with Crippen molar-refractivity contribution in [3.05, 3.63) is 217 Å². The predicted molar refractivity (Wildman–Crippen MR) is 241 cm³/mol. The molecule has 0 atom stereocenters. The van der Waals surface area contributed by atoms with Crippen LogP contribution in [-0.4, -0.2) is 4.57 Å². The number of hydrogen-bond donors (Lipinski definition) is 0. The van der Waals surface area contributed by atoms with Crippen molar-refractivity contribution in [1.82, 2.24) is 4.57 Å². The van der Waals surface area contributed by atoms with Crippen LogP contribution in [-0.2, 0) is 5.41 Å². The number of anilines is 3. The van der Waals surface area contributed by atoms with Crippen LogP contribution in [0.25, 0.3) is 71.6 Å². The Balaban J connectivity index is 1.05. The Labute approximate surface area is 333 Å². The quantitative estimate of drug-likeness (QED) is 0.165. The topological polar surface area (TPSA) is 8.17 Å². The van der Waals surface area contributed by atoms with Crippen LogP contribution in [0.15, 0.2) is 206 Å². The number of benzene rings is 9. The SMILES string of the molecule is CC1(C)c2ccccc2-c2ccc(N(c3ccc(-c4ccccc4)cc3)c3ccc(-c4ccc(-n5c6ccccc6c6ccccc65)cc4)c4ccccc34)cc21. The van der Waals surface area contributed by atoms with E-state index in [-0.39, 0.29) is 5.41 Å². The molecule has 57 heavy (non-hydrogen) atoms. The summed E-state index contributed by atoms with van der Waals surface area (Å²) in [6.45, 7) is 4.72. The third-order valence-electron chi connectivity index (χ3n) is 12.2. The van der Waals surface area contributed by atoms with Gasteiger partial charge in [0.15, 0.2) is 0 Å². The van der Waals surface area contributed by atoms with Crippen molar-refractivity contribution in [2.75, 3.05) is 4.90 Å². The third-order valence-corrected chi connectivity index (χ3v) is 12.2. The maximum absolute atomic E-state index is 2.45. The van der Waals surface area contributed by atoms with Gasteiger partial charge in [-0.15, -0.1) is 0 Å². The number of para-hydroxylation sites is 2. The summed E-state index contributed by atoms with van der Waals surface area (Å²) in [6, 6.07) is 75.6. The first-order valence-electron chi connectivity index (χ1n) is 19.9. The van der Waals surface area contributed by atoms with E-state index in [1.807, 2.05) is 0 Å². The van der Waals surface area contributed by atoms with E-state index in [0.717, 1.165) is 22.7 Å². The Bertz CT molecular complexity index is 3080. The molecular weight excluding hydrogens is 689 g/mol. The van der Waals surface area contributed by atoms with Crippen molar-refractivity contribution < 1.29 is 0 Å². The highest BCUT2D eigenvalue weighted by Gasteiger charge is 2.36. The molecule has 0 amide bonds. The Morgan fingerprint density at radius 1 is 0.368 bits per heavy atom. The molecule has 1 aliphatic rings. The van der Waals surface area contributed by atoms with E-state index >= 15 is 0 Å². The van der Waals surface area contributed by atoms with Gasteiger partial charge in [0, 0.05) is 38.6 Å². The number of aromatic nitrogens is 1. The number of rotatable bonds is 6. The minimum Gasteiger partial charge on any atom is -0.310 e. The molecule has 9 aromatic carbocycles. The van der Waals surface area contributed by atoms with Crippen LogP contribution in [0.2, 0.25) is 0 Å². The van der Waals surface area contributed by atoms with Crippen molar-refractivity contribution in [2.45, 2.75) is 19.3 Å². The highest BCUT2D eigenvalue weighted by molar-refractivity contribution is 6.10. The molecule has 10 aromatic rings. The molecule has 0 saturated heterocycles. The second-order valence-corrected chi connectivity index (χ2v) is 15.7. The van der Waals surface area contributed by atoms with Crippen molar-refractivity contribution in [2.24, 2.45) is 0 Å². The average Bonchev–Trinajstić information content (AvgIpc) is 3.73. The van der Waals surface area contributed by atoms with Crippen LogP contribution >= 0.6 is 0 Å². The summed E-state index contributed by atoms with van der Waals surface area (Å²) in [4.78, 5) is 2.45. The van der Waals surface area contributed by atoms with Gasteiger partial charge in [-0.3, -0.25) is 0 Å². The predicted octanol–water partition coefficient (Wildman–Crippen LogP) is 15.0. The van der Waals surface area contributed by atoms with Crippen LogP contribution in [0.1, 0.15) is 25.0 Å². The molecule has 0 bridgehead atoms. The molecule has 0 aliphatic heterocycles. The molecule has 0 saturated carbocycles. The smallest absolute Gasteiger partial charge is 0.0541 e. The Morgan fingerprint density at radius 3 is 1.61 bits per heavy atom. The minimum absolute atomic E-state index is 0.109. The van der Waals surface area contributed by atoms with Crippen molar-refractivity contribution >= 4 is 49.6 Å². The monoisotopic (exact) mass is 728 g/mol. The normalized spacial score (nSPS) is 12.9. The first kappa shape index (κ1) is 33.2. The van der Waals surface area contributed by atoms with E-state index < -0.39 is 0 Å². The maximum Gasteiger partial charge on any atom is 0.0541 e. The molecule has 1 heterocycles. The zero-order valence-electron chi connectivity index (χ0n) is 32.0. The minimum atomic E-state index is -0.109. The largest absolute Gasteiger partial charge is 0.310 e. The highest BCUT2D eigenvalue weighted by Crippen LogP contribution is 2.51. The third kappa shape index (κ3) is 5.25. The summed E-state index contributed by atoms with van der Waals surface area (Å²) >= 11 is 0. The Kier molecular flexibility index (Phi) is 7.55. The van der Waals surface area contributed by atoms with E-state index in [4.69, 9.17) is 0 Å². The fourth-order valence-corrected chi connectivity index (χ4v) is 9.41. The lowest BCUT2D eigenvalue weighted by Gasteiger charge is -2.29. The van der Waals surface area contributed by atoms with Gasteiger partial charge in [-0.25, -0.2) is 0 Å². The zero-order valence-corrected chi connectivity index (χ0v) is 32.0. The summed E-state index contributed by atoms with van der Waals surface area (Å²) in [5.74, 6) is 0. The van der Waals surface area contributed by atoms with Crippen molar-refractivity contribution in [3.8, 4) is 39.1 Å². The fraction of sp³-hybridized carbons (Fsp3) is 0.0545. The molecule has 0 radical (unpaired) electrons. The molecule has 0 N–H and O–H groups in total. The number of fused-ring (bicyclic) bond motifs is 7. The molecule has 1 aromatic heterocycles. The summed E-state index contributed by atoms with van der Waals surface area (Å²) in [5, 5.41) is 4.97. The highest BCUT2D eigenvalue weighted by atomic mass is 15.1.